The van der Waals surface area contributed by atoms with Crippen molar-refractivity contribution in [2.45, 2.75) is 38.2 Å². The van der Waals surface area contributed by atoms with Crippen molar-refractivity contribution in [2.75, 3.05) is 6.61 Å². The molecule has 1 nitrogen and oxygen atoms in total. The fraction of sp³-hybridized carbons (Fsp3) is 1.00. The molecule has 1 saturated heterocycles. The number of hydrogen-bond donors (Lipinski definition) is 0. The molecule has 9 heavy (non-hydrogen) atoms. The van der Waals surface area contributed by atoms with Gasteiger partial charge in [0, 0.05) is 0 Å². The van der Waals surface area contributed by atoms with Gasteiger partial charge < -0.3 is 4.74 Å². The van der Waals surface area contributed by atoms with Crippen LogP contribution in [0.1, 0.15) is 32.6 Å². The maximum absolute atomic E-state index is 5.41. The summed E-state index contributed by atoms with van der Waals surface area (Å²) in [5, 5.41) is 0. The molecule has 2 atom stereocenters. The molecule has 1 aliphatic heterocycles. The van der Waals surface area contributed by atoms with Gasteiger partial charge in [-0.2, -0.15) is 0 Å². The molecule has 2 rings (SSSR count). The Morgan fingerprint density at radius 2 is 2.33 bits per heavy atom. The van der Waals surface area contributed by atoms with E-state index in [4.69, 9.17) is 4.74 Å². The summed E-state index contributed by atoms with van der Waals surface area (Å²) in [6.45, 7) is 3.39. The number of ether oxygens (including phenoxy) is 1. The van der Waals surface area contributed by atoms with Crippen LogP contribution in [0.25, 0.3) is 0 Å². The topological polar surface area (TPSA) is 12.5 Å². The van der Waals surface area contributed by atoms with Gasteiger partial charge in [0.05, 0.1) is 12.2 Å². The van der Waals surface area contributed by atoms with Crippen molar-refractivity contribution < 1.29 is 4.74 Å². The largest absolute Gasteiger partial charge is 0.370 e. The van der Waals surface area contributed by atoms with E-state index < -0.39 is 0 Å². The van der Waals surface area contributed by atoms with Crippen LogP contribution in [0.5, 0.6) is 0 Å². The predicted octanol–water partition coefficient (Wildman–Crippen LogP) is 1.97. The lowest BCUT2D eigenvalue weighted by Crippen LogP contribution is -2.20. The molecule has 1 heterocycles. The van der Waals surface area contributed by atoms with Crippen molar-refractivity contribution >= 4 is 0 Å². The Balaban J connectivity index is 1.96. The molecule has 1 heteroatoms. The summed E-state index contributed by atoms with van der Waals surface area (Å²) in [7, 11) is 0. The third-order valence-corrected chi connectivity index (χ3v) is 2.60. The summed E-state index contributed by atoms with van der Waals surface area (Å²) < 4.78 is 5.41. The summed E-state index contributed by atoms with van der Waals surface area (Å²) >= 11 is 0. The van der Waals surface area contributed by atoms with Crippen molar-refractivity contribution in [1.82, 2.24) is 0 Å². The van der Waals surface area contributed by atoms with Crippen LogP contribution in [0, 0.1) is 5.92 Å². The van der Waals surface area contributed by atoms with Gasteiger partial charge in [-0.1, -0.05) is 19.8 Å². The molecule has 0 N–H and O–H groups in total. The van der Waals surface area contributed by atoms with Crippen LogP contribution >= 0.6 is 0 Å². The summed E-state index contributed by atoms with van der Waals surface area (Å²) in [5.41, 5.74) is 0.400. The second-order valence-corrected chi connectivity index (χ2v) is 3.67. The molecule has 1 aliphatic carbocycles. The lowest BCUT2D eigenvalue weighted by Gasteiger charge is -2.23. The first kappa shape index (κ1) is 5.72. The zero-order chi connectivity index (χ0) is 6.32. The standard InChI is InChI=1S/C8H14O/c1-7-3-2-4-8(5-7)6-9-8/h7H,2-6H2,1H3/t7-,8+/m0/s1. The highest BCUT2D eigenvalue weighted by molar-refractivity contribution is 4.95. The van der Waals surface area contributed by atoms with E-state index in [2.05, 4.69) is 6.92 Å². The van der Waals surface area contributed by atoms with Gasteiger partial charge >= 0.3 is 0 Å². The predicted molar refractivity (Wildman–Crippen MR) is 36.3 cm³/mol. The van der Waals surface area contributed by atoms with Gasteiger partial charge in [-0.05, 0) is 18.8 Å². The highest BCUT2D eigenvalue weighted by Gasteiger charge is 2.46. The second-order valence-electron chi connectivity index (χ2n) is 3.67. The number of epoxide rings is 1. The fourth-order valence-corrected chi connectivity index (χ4v) is 1.98. The molecule has 0 aromatic heterocycles. The van der Waals surface area contributed by atoms with Crippen molar-refractivity contribution in [3.05, 3.63) is 0 Å². The van der Waals surface area contributed by atoms with Crippen molar-refractivity contribution in [1.29, 1.82) is 0 Å². The van der Waals surface area contributed by atoms with Gasteiger partial charge in [0.1, 0.15) is 0 Å². The van der Waals surface area contributed by atoms with E-state index in [9.17, 15) is 0 Å². The minimum Gasteiger partial charge on any atom is -0.370 e. The maximum Gasteiger partial charge on any atom is 0.0919 e. The van der Waals surface area contributed by atoms with Gasteiger partial charge in [0.2, 0.25) is 0 Å². The van der Waals surface area contributed by atoms with Crippen molar-refractivity contribution in [3.63, 3.8) is 0 Å². The zero-order valence-corrected chi connectivity index (χ0v) is 6.02. The van der Waals surface area contributed by atoms with E-state index in [0.717, 1.165) is 12.5 Å². The monoisotopic (exact) mass is 126 g/mol. The molecular formula is C8H14O. The van der Waals surface area contributed by atoms with Crippen LogP contribution in [0.2, 0.25) is 0 Å². The molecular weight excluding hydrogens is 112 g/mol. The van der Waals surface area contributed by atoms with Gasteiger partial charge in [0.15, 0.2) is 0 Å². The number of rotatable bonds is 0. The first-order chi connectivity index (χ1) is 4.31. The molecule has 0 aromatic carbocycles. The Bertz CT molecular complexity index is 116. The van der Waals surface area contributed by atoms with Crippen LogP contribution in [0.4, 0.5) is 0 Å². The summed E-state index contributed by atoms with van der Waals surface area (Å²) in [4.78, 5) is 0. The summed E-state index contributed by atoms with van der Waals surface area (Å²) in [6, 6.07) is 0. The van der Waals surface area contributed by atoms with Crippen molar-refractivity contribution in [2.24, 2.45) is 5.92 Å². The average Bonchev–Trinajstić information content (AvgIpc) is 2.49. The van der Waals surface area contributed by atoms with Crippen LogP contribution in [0.15, 0.2) is 0 Å². The third kappa shape index (κ3) is 0.983. The Morgan fingerprint density at radius 1 is 1.56 bits per heavy atom. The molecule has 0 unspecified atom stereocenters. The lowest BCUT2D eigenvalue weighted by atomic mass is 9.83. The van der Waals surface area contributed by atoms with Gasteiger partial charge in [-0.25, -0.2) is 0 Å². The first-order valence-corrected chi connectivity index (χ1v) is 3.95. The SMILES string of the molecule is C[C@H]1CCC[C@]2(CO2)C1. The van der Waals surface area contributed by atoms with Crippen LogP contribution in [-0.4, -0.2) is 12.2 Å². The van der Waals surface area contributed by atoms with Gasteiger partial charge in [-0.3, -0.25) is 0 Å². The average molecular weight is 126 g/mol. The van der Waals surface area contributed by atoms with Crippen LogP contribution in [-0.2, 0) is 4.74 Å². The summed E-state index contributed by atoms with van der Waals surface area (Å²) in [6.07, 6.45) is 5.47. The van der Waals surface area contributed by atoms with E-state index in [1.54, 1.807) is 0 Å². The fourth-order valence-electron chi connectivity index (χ4n) is 1.98. The van der Waals surface area contributed by atoms with E-state index in [1.165, 1.54) is 25.7 Å². The normalized spacial score (nSPS) is 49.7. The quantitative estimate of drug-likeness (QED) is 0.452. The van der Waals surface area contributed by atoms with E-state index in [1.807, 2.05) is 0 Å². The molecule has 0 amide bonds. The van der Waals surface area contributed by atoms with Gasteiger partial charge in [-0.15, -0.1) is 0 Å². The lowest BCUT2D eigenvalue weighted by molar-refractivity contribution is 0.199. The highest BCUT2D eigenvalue weighted by atomic mass is 16.6. The zero-order valence-electron chi connectivity index (χ0n) is 6.02. The molecule has 0 radical (unpaired) electrons. The summed E-state index contributed by atoms with van der Waals surface area (Å²) in [5.74, 6) is 0.918. The highest BCUT2D eigenvalue weighted by Crippen LogP contribution is 2.43. The molecule has 2 fully saturated rings. The first-order valence-electron chi connectivity index (χ1n) is 3.95. The Kier molecular flexibility index (Phi) is 1.10. The molecule has 0 aromatic rings. The molecule has 2 aliphatic rings. The smallest absolute Gasteiger partial charge is 0.0919 e. The van der Waals surface area contributed by atoms with E-state index in [-0.39, 0.29) is 0 Å². The Morgan fingerprint density at radius 3 is 2.78 bits per heavy atom. The minimum atomic E-state index is 0.400. The maximum atomic E-state index is 5.41. The second kappa shape index (κ2) is 1.72. The Hall–Kier alpha value is -0.0400. The van der Waals surface area contributed by atoms with Crippen molar-refractivity contribution in [3.8, 4) is 0 Å². The third-order valence-electron chi connectivity index (χ3n) is 2.60. The number of hydrogen-bond acceptors (Lipinski definition) is 1. The molecule has 1 spiro atoms. The van der Waals surface area contributed by atoms with E-state index >= 15 is 0 Å². The molecule has 52 valence electrons. The Labute approximate surface area is 56.4 Å². The van der Waals surface area contributed by atoms with Crippen LogP contribution in [0.3, 0.4) is 0 Å². The molecule has 1 saturated carbocycles. The minimum absolute atomic E-state index is 0.400. The van der Waals surface area contributed by atoms with Crippen LogP contribution < -0.4 is 0 Å². The van der Waals surface area contributed by atoms with Gasteiger partial charge in [0.25, 0.3) is 0 Å². The van der Waals surface area contributed by atoms with E-state index in [0.29, 0.717) is 5.60 Å². The molecule has 0 bridgehead atoms.